The topological polar surface area (TPSA) is 64.4 Å². The van der Waals surface area contributed by atoms with E-state index >= 15 is 0 Å². The molecule has 2 rings (SSSR count). The number of amides is 1. The summed E-state index contributed by atoms with van der Waals surface area (Å²) in [6.45, 7) is 5.63. The van der Waals surface area contributed by atoms with Crippen molar-refractivity contribution < 1.29 is 13.9 Å². The molecule has 0 atom stereocenters. The molecule has 0 saturated carbocycles. The van der Waals surface area contributed by atoms with Crippen LogP contribution < -0.4 is 5.32 Å². The van der Waals surface area contributed by atoms with E-state index in [1.165, 1.54) is 0 Å². The fourth-order valence-electron chi connectivity index (χ4n) is 1.59. The SMILES string of the molecule is CC(C)(C)OC(=O)NCc1ncc(-c2ccccc2)o1. The monoisotopic (exact) mass is 274 g/mol. The lowest BCUT2D eigenvalue weighted by Gasteiger charge is -2.19. The summed E-state index contributed by atoms with van der Waals surface area (Å²) in [5.74, 6) is 1.11. The Hall–Kier alpha value is -2.30. The predicted molar refractivity (Wildman–Crippen MR) is 75.0 cm³/mol. The smallest absolute Gasteiger partial charge is 0.408 e. The highest BCUT2D eigenvalue weighted by atomic mass is 16.6. The van der Waals surface area contributed by atoms with Crippen LogP contribution in [0.5, 0.6) is 0 Å². The van der Waals surface area contributed by atoms with Crippen LogP contribution in [0, 0.1) is 0 Å². The van der Waals surface area contributed by atoms with E-state index in [1.54, 1.807) is 6.20 Å². The number of alkyl carbamates (subject to hydrolysis) is 1. The van der Waals surface area contributed by atoms with E-state index in [2.05, 4.69) is 10.3 Å². The number of rotatable bonds is 3. The van der Waals surface area contributed by atoms with Crippen molar-refractivity contribution >= 4 is 6.09 Å². The second-order valence-corrected chi connectivity index (χ2v) is 5.34. The van der Waals surface area contributed by atoms with Gasteiger partial charge in [0.05, 0.1) is 12.7 Å². The van der Waals surface area contributed by atoms with Crippen molar-refractivity contribution in [2.45, 2.75) is 32.9 Å². The number of ether oxygens (including phenoxy) is 1. The summed E-state index contributed by atoms with van der Waals surface area (Å²) >= 11 is 0. The summed E-state index contributed by atoms with van der Waals surface area (Å²) < 4.78 is 10.7. The molecule has 1 aromatic heterocycles. The molecule has 2 aromatic rings. The van der Waals surface area contributed by atoms with Crippen LogP contribution in [0.25, 0.3) is 11.3 Å². The number of oxazole rings is 1. The highest BCUT2D eigenvalue weighted by Crippen LogP contribution is 2.19. The van der Waals surface area contributed by atoms with Crippen molar-refractivity contribution in [1.29, 1.82) is 0 Å². The van der Waals surface area contributed by atoms with E-state index in [0.29, 0.717) is 11.7 Å². The van der Waals surface area contributed by atoms with E-state index in [0.717, 1.165) is 5.56 Å². The Morgan fingerprint density at radius 3 is 2.65 bits per heavy atom. The zero-order valence-electron chi connectivity index (χ0n) is 11.8. The first-order chi connectivity index (χ1) is 9.44. The van der Waals surface area contributed by atoms with Gasteiger partial charge in [0.1, 0.15) is 5.60 Å². The molecule has 0 aliphatic heterocycles. The number of hydrogen-bond acceptors (Lipinski definition) is 4. The lowest BCUT2D eigenvalue weighted by molar-refractivity contribution is 0.0519. The Kier molecular flexibility index (Phi) is 4.08. The molecule has 0 bridgehead atoms. The Morgan fingerprint density at radius 1 is 1.30 bits per heavy atom. The van der Waals surface area contributed by atoms with Crippen LogP contribution in [-0.4, -0.2) is 16.7 Å². The van der Waals surface area contributed by atoms with Crippen molar-refractivity contribution in [2.75, 3.05) is 0 Å². The third-order valence-corrected chi connectivity index (χ3v) is 2.39. The molecule has 1 aromatic carbocycles. The molecule has 0 unspecified atom stereocenters. The van der Waals surface area contributed by atoms with Gasteiger partial charge in [0.15, 0.2) is 5.76 Å². The number of nitrogens with one attached hydrogen (secondary N) is 1. The summed E-state index contributed by atoms with van der Waals surface area (Å²) in [4.78, 5) is 15.6. The summed E-state index contributed by atoms with van der Waals surface area (Å²) in [5.41, 5.74) is 0.430. The highest BCUT2D eigenvalue weighted by Gasteiger charge is 2.16. The van der Waals surface area contributed by atoms with Crippen molar-refractivity contribution in [2.24, 2.45) is 0 Å². The maximum atomic E-state index is 11.5. The molecule has 0 aliphatic carbocycles. The predicted octanol–water partition coefficient (Wildman–Crippen LogP) is 3.37. The molecule has 106 valence electrons. The number of nitrogens with zero attached hydrogens (tertiary/aromatic N) is 1. The fraction of sp³-hybridized carbons (Fsp3) is 0.333. The number of carbonyl (C=O) groups excluding carboxylic acids is 1. The van der Waals surface area contributed by atoms with Gasteiger partial charge in [-0.2, -0.15) is 0 Å². The molecule has 0 fully saturated rings. The minimum Gasteiger partial charge on any atom is -0.444 e. The van der Waals surface area contributed by atoms with Crippen molar-refractivity contribution in [3.8, 4) is 11.3 Å². The average molecular weight is 274 g/mol. The first-order valence-electron chi connectivity index (χ1n) is 6.41. The Morgan fingerprint density at radius 2 is 2.00 bits per heavy atom. The van der Waals surface area contributed by atoms with Crippen molar-refractivity contribution in [1.82, 2.24) is 10.3 Å². The number of carbonyl (C=O) groups is 1. The molecule has 0 aliphatic rings. The van der Waals surface area contributed by atoms with E-state index in [-0.39, 0.29) is 6.54 Å². The lowest BCUT2D eigenvalue weighted by atomic mass is 10.2. The first-order valence-corrected chi connectivity index (χ1v) is 6.41. The molecule has 5 nitrogen and oxygen atoms in total. The second-order valence-electron chi connectivity index (χ2n) is 5.34. The van der Waals surface area contributed by atoms with Crippen LogP contribution >= 0.6 is 0 Å². The van der Waals surface area contributed by atoms with Crippen LogP contribution in [0.4, 0.5) is 4.79 Å². The summed E-state index contributed by atoms with van der Waals surface area (Å²) in [7, 11) is 0. The third-order valence-electron chi connectivity index (χ3n) is 2.39. The minimum absolute atomic E-state index is 0.196. The van der Waals surface area contributed by atoms with Gasteiger partial charge in [0.2, 0.25) is 5.89 Å². The Labute approximate surface area is 118 Å². The zero-order chi connectivity index (χ0) is 14.6. The Bertz CT molecular complexity index is 570. The zero-order valence-corrected chi connectivity index (χ0v) is 11.8. The van der Waals surface area contributed by atoms with E-state index < -0.39 is 11.7 Å². The molecular weight excluding hydrogens is 256 g/mol. The number of benzene rings is 1. The van der Waals surface area contributed by atoms with Gasteiger partial charge in [0.25, 0.3) is 0 Å². The summed E-state index contributed by atoms with van der Waals surface area (Å²) in [6, 6.07) is 9.66. The number of aromatic nitrogens is 1. The summed E-state index contributed by atoms with van der Waals surface area (Å²) in [6.07, 6.45) is 1.15. The molecule has 0 radical (unpaired) electrons. The van der Waals surface area contributed by atoms with Crippen LogP contribution in [0.15, 0.2) is 40.9 Å². The van der Waals surface area contributed by atoms with Gasteiger partial charge in [0, 0.05) is 5.56 Å². The lowest BCUT2D eigenvalue weighted by Crippen LogP contribution is -2.32. The molecule has 5 heteroatoms. The number of hydrogen-bond donors (Lipinski definition) is 1. The van der Waals surface area contributed by atoms with Gasteiger partial charge < -0.3 is 14.5 Å². The average Bonchev–Trinajstić information content (AvgIpc) is 2.84. The van der Waals surface area contributed by atoms with Crippen LogP contribution in [0.1, 0.15) is 26.7 Å². The van der Waals surface area contributed by atoms with E-state index in [4.69, 9.17) is 9.15 Å². The Balaban J connectivity index is 1.92. The van der Waals surface area contributed by atoms with Gasteiger partial charge in [-0.05, 0) is 20.8 Å². The molecule has 0 spiro atoms. The van der Waals surface area contributed by atoms with E-state index in [9.17, 15) is 4.79 Å². The van der Waals surface area contributed by atoms with Crippen molar-refractivity contribution in [3.63, 3.8) is 0 Å². The van der Waals surface area contributed by atoms with Gasteiger partial charge in [-0.3, -0.25) is 0 Å². The van der Waals surface area contributed by atoms with E-state index in [1.807, 2.05) is 51.1 Å². The molecule has 0 saturated heterocycles. The highest BCUT2D eigenvalue weighted by molar-refractivity contribution is 5.67. The molecule has 20 heavy (non-hydrogen) atoms. The maximum Gasteiger partial charge on any atom is 0.408 e. The summed E-state index contributed by atoms with van der Waals surface area (Å²) in [5, 5.41) is 2.60. The maximum absolute atomic E-state index is 11.5. The molecule has 1 amide bonds. The van der Waals surface area contributed by atoms with Crippen LogP contribution in [0.2, 0.25) is 0 Å². The van der Waals surface area contributed by atoms with Gasteiger partial charge in [-0.25, -0.2) is 9.78 Å². The minimum atomic E-state index is -0.518. The van der Waals surface area contributed by atoms with Gasteiger partial charge in [-0.1, -0.05) is 30.3 Å². The van der Waals surface area contributed by atoms with Gasteiger partial charge in [-0.15, -0.1) is 0 Å². The standard InChI is InChI=1S/C15H18N2O3/c1-15(2,3)20-14(18)17-10-13-16-9-12(19-13)11-7-5-4-6-8-11/h4-9H,10H2,1-3H3,(H,17,18). The van der Waals surface area contributed by atoms with Crippen LogP contribution in [-0.2, 0) is 11.3 Å². The normalized spacial score (nSPS) is 11.2. The fourth-order valence-corrected chi connectivity index (χ4v) is 1.59. The molecule has 1 N–H and O–H groups in total. The molecule has 1 heterocycles. The second kappa shape index (κ2) is 5.77. The van der Waals surface area contributed by atoms with Gasteiger partial charge >= 0.3 is 6.09 Å². The largest absolute Gasteiger partial charge is 0.444 e. The molecular formula is C15H18N2O3. The quantitative estimate of drug-likeness (QED) is 0.932. The third kappa shape index (κ3) is 4.12. The first kappa shape index (κ1) is 14.1. The van der Waals surface area contributed by atoms with Crippen LogP contribution in [0.3, 0.4) is 0 Å². The van der Waals surface area contributed by atoms with Crippen molar-refractivity contribution in [3.05, 3.63) is 42.4 Å².